The Morgan fingerprint density at radius 2 is 2.20 bits per heavy atom. The lowest BCUT2D eigenvalue weighted by atomic mass is 10.2. The van der Waals surface area contributed by atoms with Crippen LogP contribution in [0.25, 0.3) is 0 Å². The van der Waals surface area contributed by atoms with Crippen LogP contribution in [0.2, 0.25) is 5.02 Å². The Morgan fingerprint density at radius 3 is 2.80 bits per heavy atom. The Bertz CT molecular complexity index is 314. The van der Waals surface area contributed by atoms with E-state index in [9.17, 15) is 0 Å². The van der Waals surface area contributed by atoms with Crippen LogP contribution in [0.4, 0.5) is 0 Å². The minimum atomic E-state index is 0.234. The van der Waals surface area contributed by atoms with Crippen molar-refractivity contribution in [3.05, 3.63) is 28.8 Å². The maximum Gasteiger partial charge on any atom is 0.122 e. The number of rotatable bonds is 5. The summed E-state index contributed by atoms with van der Waals surface area (Å²) in [5.41, 5.74) is 6.86. The number of hydrogen-bond acceptors (Lipinski definition) is 2. The summed E-state index contributed by atoms with van der Waals surface area (Å²) in [6.45, 7) is 4.73. The van der Waals surface area contributed by atoms with E-state index in [4.69, 9.17) is 22.1 Å². The summed E-state index contributed by atoms with van der Waals surface area (Å²) in [7, 11) is 0. The fourth-order valence-corrected chi connectivity index (χ4v) is 1.53. The predicted molar refractivity (Wildman–Crippen MR) is 64.6 cm³/mol. The molecule has 1 atom stereocenters. The van der Waals surface area contributed by atoms with Gasteiger partial charge in [-0.2, -0.15) is 0 Å². The van der Waals surface area contributed by atoms with Crippen molar-refractivity contribution >= 4 is 11.6 Å². The van der Waals surface area contributed by atoms with Gasteiger partial charge in [0.25, 0.3) is 0 Å². The first kappa shape index (κ1) is 12.3. The Labute approximate surface area is 96.4 Å². The van der Waals surface area contributed by atoms with E-state index in [1.165, 1.54) is 0 Å². The molecule has 1 unspecified atom stereocenters. The summed E-state index contributed by atoms with van der Waals surface area (Å²) in [6.07, 6.45) is 1.88. The van der Waals surface area contributed by atoms with E-state index in [1.807, 2.05) is 25.1 Å². The molecule has 0 radical (unpaired) electrons. The second kappa shape index (κ2) is 5.99. The van der Waals surface area contributed by atoms with Crippen LogP contribution in [0.3, 0.4) is 0 Å². The van der Waals surface area contributed by atoms with Gasteiger partial charge in [0.2, 0.25) is 0 Å². The van der Waals surface area contributed by atoms with Crippen molar-refractivity contribution in [2.45, 2.75) is 32.7 Å². The average Bonchev–Trinajstić information content (AvgIpc) is 2.21. The van der Waals surface area contributed by atoms with E-state index < -0.39 is 0 Å². The van der Waals surface area contributed by atoms with Gasteiger partial charge in [-0.05, 0) is 43.5 Å². The molecule has 0 saturated heterocycles. The van der Waals surface area contributed by atoms with Gasteiger partial charge in [0.05, 0.1) is 6.61 Å². The van der Waals surface area contributed by atoms with E-state index in [2.05, 4.69) is 6.92 Å². The molecule has 15 heavy (non-hydrogen) atoms. The molecule has 0 spiro atoms. The van der Waals surface area contributed by atoms with Crippen molar-refractivity contribution in [2.75, 3.05) is 6.61 Å². The average molecular weight is 228 g/mol. The zero-order valence-electron chi connectivity index (χ0n) is 9.29. The highest BCUT2D eigenvalue weighted by Crippen LogP contribution is 2.21. The van der Waals surface area contributed by atoms with Crippen molar-refractivity contribution in [3.8, 4) is 5.75 Å². The Balaban J connectivity index is 2.44. The molecule has 0 bridgehead atoms. The van der Waals surface area contributed by atoms with Gasteiger partial charge in [0.15, 0.2) is 0 Å². The van der Waals surface area contributed by atoms with E-state index >= 15 is 0 Å². The smallest absolute Gasteiger partial charge is 0.122 e. The zero-order valence-corrected chi connectivity index (χ0v) is 10.1. The molecule has 0 saturated carbocycles. The third-order valence-corrected chi connectivity index (χ3v) is 2.64. The number of nitrogens with two attached hydrogens (primary N) is 1. The van der Waals surface area contributed by atoms with E-state index in [1.54, 1.807) is 0 Å². The van der Waals surface area contributed by atoms with Crippen LogP contribution in [0, 0.1) is 6.92 Å². The molecule has 0 aliphatic rings. The minimum Gasteiger partial charge on any atom is -0.493 e. The molecule has 0 fully saturated rings. The fourth-order valence-electron chi connectivity index (χ4n) is 1.30. The summed E-state index contributed by atoms with van der Waals surface area (Å²) >= 11 is 5.85. The lowest BCUT2D eigenvalue weighted by Gasteiger charge is -2.12. The number of benzene rings is 1. The van der Waals surface area contributed by atoms with Gasteiger partial charge in [0.1, 0.15) is 5.75 Å². The molecule has 1 aromatic rings. The topological polar surface area (TPSA) is 35.2 Å². The Morgan fingerprint density at radius 1 is 1.47 bits per heavy atom. The molecule has 0 heterocycles. The van der Waals surface area contributed by atoms with Gasteiger partial charge in [-0.3, -0.25) is 0 Å². The highest BCUT2D eigenvalue weighted by atomic mass is 35.5. The highest BCUT2D eigenvalue weighted by Gasteiger charge is 2.02. The van der Waals surface area contributed by atoms with Crippen molar-refractivity contribution < 1.29 is 4.74 Å². The van der Waals surface area contributed by atoms with Crippen molar-refractivity contribution in [1.82, 2.24) is 0 Å². The molecule has 1 rings (SSSR count). The number of hydrogen-bond donors (Lipinski definition) is 1. The number of aryl methyl sites for hydroxylation is 1. The molecule has 0 amide bonds. The second-order valence-corrected chi connectivity index (χ2v) is 4.15. The molecule has 0 aromatic heterocycles. The molecular formula is C12H18ClNO. The lowest BCUT2D eigenvalue weighted by Crippen LogP contribution is -2.21. The van der Waals surface area contributed by atoms with Crippen molar-refractivity contribution in [2.24, 2.45) is 5.73 Å². The highest BCUT2D eigenvalue weighted by molar-refractivity contribution is 6.30. The molecular weight excluding hydrogens is 210 g/mol. The summed E-state index contributed by atoms with van der Waals surface area (Å²) < 4.78 is 5.63. The first-order valence-corrected chi connectivity index (χ1v) is 5.65. The van der Waals surface area contributed by atoms with Gasteiger partial charge in [0, 0.05) is 11.1 Å². The van der Waals surface area contributed by atoms with Gasteiger partial charge >= 0.3 is 0 Å². The molecule has 84 valence electrons. The van der Waals surface area contributed by atoms with Crippen molar-refractivity contribution in [3.63, 3.8) is 0 Å². The van der Waals surface area contributed by atoms with Crippen LogP contribution in [0.15, 0.2) is 18.2 Å². The predicted octanol–water partition coefficient (Wildman–Crippen LogP) is 3.15. The third-order valence-electron chi connectivity index (χ3n) is 2.41. The Kier molecular flexibility index (Phi) is 4.92. The molecule has 3 heteroatoms. The molecule has 0 aliphatic heterocycles. The maximum absolute atomic E-state index is 5.85. The largest absolute Gasteiger partial charge is 0.493 e. The van der Waals surface area contributed by atoms with E-state index in [-0.39, 0.29) is 6.04 Å². The van der Waals surface area contributed by atoms with Gasteiger partial charge in [-0.15, -0.1) is 0 Å². The first-order chi connectivity index (χ1) is 7.13. The summed E-state index contributed by atoms with van der Waals surface area (Å²) in [5.74, 6) is 0.891. The SMILES string of the molecule is CCC(N)CCOc1ccc(Cl)cc1C. The monoisotopic (exact) mass is 227 g/mol. The number of ether oxygens (including phenoxy) is 1. The van der Waals surface area contributed by atoms with Crippen LogP contribution in [-0.2, 0) is 0 Å². The zero-order chi connectivity index (χ0) is 11.3. The van der Waals surface area contributed by atoms with E-state index in [0.717, 1.165) is 29.2 Å². The normalized spacial score (nSPS) is 12.5. The summed E-state index contributed by atoms with van der Waals surface area (Å²) in [4.78, 5) is 0. The van der Waals surface area contributed by atoms with Gasteiger partial charge < -0.3 is 10.5 Å². The minimum absolute atomic E-state index is 0.234. The fraction of sp³-hybridized carbons (Fsp3) is 0.500. The van der Waals surface area contributed by atoms with Crippen LogP contribution >= 0.6 is 11.6 Å². The third kappa shape index (κ3) is 4.10. The molecule has 1 aromatic carbocycles. The Hall–Kier alpha value is -0.730. The van der Waals surface area contributed by atoms with Gasteiger partial charge in [-0.1, -0.05) is 18.5 Å². The maximum atomic E-state index is 5.85. The van der Waals surface area contributed by atoms with E-state index in [0.29, 0.717) is 6.61 Å². The van der Waals surface area contributed by atoms with Crippen LogP contribution < -0.4 is 10.5 Å². The lowest BCUT2D eigenvalue weighted by molar-refractivity contribution is 0.294. The summed E-state index contributed by atoms with van der Waals surface area (Å²) in [5, 5.41) is 0.741. The second-order valence-electron chi connectivity index (χ2n) is 3.72. The van der Waals surface area contributed by atoms with Crippen LogP contribution in [0.5, 0.6) is 5.75 Å². The number of halogens is 1. The summed E-state index contributed by atoms with van der Waals surface area (Å²) in [6, 6.07) is 5.87. The molecule has 2 nitrogen and oxygen atoms in total. The molecule has 2 N–H and O–H groups in total. The van der Waals surface area contributed by atoms with Gasteiger partial charge in [-0.25, -0.2) is 0 Å². The standard InChI is InChI=1S/C12H18ClNO/c1-3-11(14)6-7-15-12-5-4-10(13)8-9(12)2/h4-5,8,11H,3,6-7,14H2,1-2H3. The van der Waals surface area contributed by atoms with Crippen LogP contribution in [0.1, 0.15) is 25.3 Å². The van der Waals surface area contributed by atoms with Crippen molar-refractivity contribution in [1.29, 1.82) is 0 Å². The quantitative estimate of drug-likeness (QED) is 0.839. The molecule has 0 aliphatic carbocycles. The first-order valence-electron chi connectivity index (χ1n) is 5.28. The van der Waals surface area contributed by atoms with Crippen LogP contribution in [-0.4, -0.2) is 12.6 Å².